The van der Waals surface area contributed by atoms with Gasteiger partial charge in [0.15, 0.2) is 0 Å². The Balaban J connectivity index is 1.85. The second-order valence-electron chi connectivity index (χ2n) is 6.81. The first kappa shape index (κ1) is 16.8. The fourth-order valence-electron chi connectivity index (χ4n) is 3.43. The molecule has 1 aliphatic heterocycles. The van der Waals surface area contributed by atoms with E-state index in [4.69, 9.17) is 4.98 Å². The summed E-state index contributed by atoms with van der Waals surface area (Å²) in [5, 5.41) is 0. The zero-order valence-corrected chi connectivity index (χ0v) is 14.9. The van der Waals surface area contributed by atoms with E-state index in [1.807, 2.05) is 38.3 Å². The number of hydrogen-bond donors (Lipinski definition) is 0. The standard InChI is InChI=1S/C19H27N5/c1-15-13-17(22-19(21-15)23(2)3)14-24-12-6-4-5-7-18(24)16-8-10-20-11-9-16/h8-11,13,18H,4-7,12,14H2,1-3H3/t18-/m0/s1. The molecule has 0 spiro atoms. The van der Waals surface area contributed by atoms with Gasteiger partial charge in [-0.2, -0.15) is 0 Å². The summed E-state index contributed by atoms with van der Waals surface area (Å²) in [4.78, 5) is 18.0. The highest BCUT2D eigenvalue weighted by atomic mass is 15.2. The number of likely N-dealkylation sites (tertiary alicyclic amines) is 1. The van der Waals surface area contributed by atoms with Crippen molar-refractivity contribution in [2.75, 3.05) is 25.5 Å². The summed E-state index contributed by atoms with van der Waals surface area (Å²) >= 11 is 0. The first-order chi connectivity index (χ1) is 11.6. The Bertz CT molecular complexity index is 656. The van der Waals surface area contributed by atoms with Gasteiger partial charge in [0.2, 0.25) is 5.95 Å². The molecular formula is C19H27N5. The minimum absolute atomic E-state index is 0.452. The highest BCUT2D eigenvalue weighted by molar-refractivity contribution is 5.30. The molecule has 1 fully saturated rings. The third kappa shape index (κ3) is 4.09. The number of rotatable bonds is 4. The quantitative estimate of drug-likeness (QED) is 0.862. The first-order valence-corrected chi connectivity index (χ1v) is 8.79. The number of anilines is 1. The topological polar surface area (TPSA) is 45.2 Å². The van der Waals surface area contributed by atoms with Crippen molar-refractivity contribution in [3.05, 3.63) is 47.5 Å². The third-order valence-corrected chi connectivity index (χ3v) is 4.62. The normalized spacial score (nSPS) is 19.0. The van der Waals surface area contributed by atoms with Crippen LogP contribution in [0.4, 0.5) is 5.95 Å². The molecule has 0 N–H and O–H groups in total. The van der Waals surface area contributed by atoms with E-state index in [1.54, 1.807) is 0 Å². The lowest BCUT2D eigenvalue weighted by atomic mass is 10.0. The Kier molecular flexibility index (Phi) is 5.41. The van der Waals surface area contributed by atoms with Crippen LogP contribution in [0.1, 0.15) is 48.7 Å². The fourth-order valence-corrected chi connectivity index (χ4v) is 3.43. The Labute approximate surface area is 144 Å². The average Bonchev–Trinajstić information content (AvgIpc) is 2.80. The van der Waals surface area contributed by atoms with Gasteiger partial charge < -0.3 is 4.90 Å². The van der Waals surface area contributed by atoms with Gasteiger partial charge in [0.1, 0.15) is 0 Å². The maximum Gasteiger partial charge on any atom is 0.225 e. The fraction of sp³-hybridized carbons (Fsp3) is 0.526. The lowest BCUT2D eigenvalue weighted by Gasteiger charge is -2.30. The van der Waals surface area contributed by atoms with E-state index in [0.717, 1.165) is 30.4 Å². The average molecular weight is 325 g/mol. The van der Waals surface area contributed by atoms with Crippen LogP contribution in [0.5, 0.6) is 0 Å². The van der Waals surface area contributed by atoms with Crippen LogP contribution in [-0.4, -0.2) is 40.5 Å². The van der Waals surface area contributed by atoms with Crippen molar-refractivity contribution in [3.8, 4) is 0 Å². The molecule has 2 aromatic heterocycles. The van der Waals surface area contributed by atoms with Crippen LogP contribution in [0.3, 0.4) is 0 Å². The highest BCUT2D eigenvalue weighted by Crippen LogP contribution is 2.31. The van der Waals surface area contributed by atoms with Gasteiger partial charge in [0.05, 0.1) is 5.69 Å². The molecule has 128 valence electrons. The van der Waals surface area contributed by atoms with Crippen molar-refractivity contribution < 1.29 is 0 Å². The molecule has 1 aliphatic rings. The molecule has 2 aromatic rings. The Morgan fingerprint density at radius 2 is 1.92 bits per heavy atom. The van der Waals surface area contributed by atoms with Crippen LogP contribution in [0.25, 0.3) is 0 Å². The number of aromatic nitrogens is 3. The molecule has 0 saturated carbocycles. The predicted octanol–water partition coefficient (Wildman–Crippen LogP) is 3.36. The van der Waals surface area contributed by atoms with Crippen LogP contribution in [0.2, 0.25) is 0 Å². The molecule has 0 aromatic carbocycles. The molecule has 5 heteroatoms. The van der Waals surface area contributed by atoms with Gasteiger partial charge in [-0.15, -0.1) is 0 Å². The van der Waals surface area contributed by atoms with E-state index in [0.29, 0.717) is 6.04 Å². The zero-order chi connectivity index (χ0) is 16.9. The van der Waals surface area contributed by atoms with Gasteiger partial charge in [-0.3, -0.25) is 9.88 Å². The molecule has 3 rings (SSSR count). The lowest BCUT2D eigenvalue weighted by molar-refractivity contribution is 0.190. The van der Waals surface area contributed by atoms with E-state index in [-0.39, 0.29) is 0 Å². The summed E-state index contributed by atoms with van der Waals surface area (Å²) in [6.45, 7) is 4.03. The zero-order valence-electron chi connectivity index (χ0n) is 14.9. The molecular weight excluding hydrogens is 298 g/mol. The van der Waals surface area contributed by atoms with Crippen molar-refractivity contribution in [2.24, 2.45) is 0 Å². The van der Waals surface area contributed by atoms with E-state index in [9.17, 15) is 0 Å². The smallest absolute Gasteiger partial charge is 0.225 e. The molecule has 3 heterocycles. The second kappa shape index (κ2) is 7.71. The van der Waals surface area contributed by atoms with Gasteiger partial charge in [-0.1, -0.05) is 12.8 Å². The third-order valence-electron chi connectivity index (χ3n) is 4.62. The molecule has 24 heavy (non-hydrogen) atoms. The number of nitrogens with zero attached hydrogens (tertiary/aromatic N) is 5. The van der Waals surface area contributed by atoms with E-state index in [1.165, 1.54) is 31.2 Å². The summed E-state index contributed by atoms with van der Waals surface area (Å²) < 4.78 is 0. The van der Waals surface area contributed by atoms with Crippen molar-refractivity contribution in [2.45, 2.75) is 45.2 Å². The Morgan fingerprint density at radius 3 is 2.67 bits per heavy atom. The van der Waals surface area contributed by atoms with Gasteiger partial charge in [0.25, 0.3) is 0 Å². The molecule has 0 unspecified atom stereocenters. The van der Waals surface area contributed by atoms with E-state index in [2.05, 4.69) is 33.1 Å². The summed E-state index contributed by atoms with van der Waals surface area (Å²) in [6, 6.07) is 6.87. The largest absolute Gasteiger partial charge is 0.347 e. The Hall–Kier alpha value is -2.01. The Morgan fingerprint density at radius 1 is 1.12 bits per heavy atom. The minimum atomic E-state index is 0.452. The molecule has 0 radical (unpaired) electrons. The molecule has 0 aliphatic carbocycles. The lowest BCUT2D eigenvalue weighted by Crippen LogP contribution is -2.29. The van der Waals surface area contributed by atoms with Crippen LogP contribution in [-0.2, 0) is 6.54 Å². The molecule has 0 amide bonds. The van der Waals surface area contributed by atoms with Gasteiger partial charge in [-0.05, 0) is 50.1 Å². The van der Waals surface area contributed by atoms with Crippen molar-refractivity contribution in [3.63, 3.8) is 0 Å². The van der Waals surface area contributed by atoms with Gasteiger partial charge in [0, 0.05) is 44.8 Å². The maximum absolute atomic E-state index is 4.75. The molecule has 1 atom stereocenters. The van der Waals surface area contributed by atoms with Crippen LogP contribution >= 0.6 is 0 Å². The molecule has 0 bridgehead atoms. The SMILES string of the molecule is Cc1cc(CN2CCCCC[C@H]2c2ccncc2)nc(N(C)C)n1. The number of hydrogen-bond acceptors (Lipinski definition) is 5. The number of aryl methyl sites for hydroxylation is 1. The second-order valence-corrected chi connectivity index (χ2v) is 6.81. The van der Waals surface area contributed by atoms with Gasteiger partial charge in [-0.25, -0.2) is 9.97 Å². The maximum atomic E-state index is 4.75. The van der Waals surface area contributed by atoms with Crippen molar-refractivity contribution in [1.82, 2.24) is 19.9 Å². The van der Waals surface area contributed by atoms with Crippen molar-refractivity contribution >= 4 is 5.95 Å². The van der Waals surface area contributed by atoms with Gasteiger partial charge >= 0.3 is 0 Å². The highest BCUT2D eigenvalue weighted by Gasteiger charge is 2.23. The van der Waals surface area contributed by atoms with Crippen LogP contribution in [0, 0.1) is 6.92 Å². The first-order valence-electron chi connectivity index (χ1n) is 8.79. The minimum Gasteiger partial charge on any atom is -0.347 e. The molecule has 1 saturated heterocycles. The summed E-state index contributed by atoms with van der Waals surface area (Å²) in [7, 11) is 3.98. The van der Waals surface area contributed by atoms with E-state index < -0.39 is 0 Å². The summed E-state index contributed by atoms with van der Waals surface area (Å²) in [5.74, 6) is 0.792. The van der Waals surface area contributed by atoms with Crippen molar-refractivity contribution in [1.29, 1.82) is 0 Å². The number of pyridine rings is 1. The van der Waals surface area contributed by atoms with Crippen LogP contribution in [0.15, 0.2) is 30.6 Å². The van der Waals surface area contributed by atoms with Crippen LogP contribution < -0.4 is 4.90 Å². The summed E-state index contributed by atoms with van der Waals surface area (Å²) in [6.07, 6.45) is 8.86. The molecule has 5 nitrogen and oxygen atoms in total. The summed E-state index contributed by atoms with van der Waals surface area (Å²) in [5.41, 5.74) is 3.50. The van der Waals surface area contributed by atoms with E-state index >= 15 is 0 Å². The monoisotopic (exact) mass is 325 g/mol. The predicted molar refractivity (Wildman–Crippen MR) is 97.0 cm³/mol.